The van der Waals surface area contributed by atoms with Crippen molar-refractivity contribution in [3.63, 3.8) is 0 Å². The van der Waals surface area contributed by atoms with E-state index >= 15 is 0 Å². The highest BCUT2D eigenvalue weighted by atomic mass is 32.2. The zero-order valence-electron chi connectivity index (χ0n) is 17.8. The van der Waals surface area contributed by atoms with Gasteiger partial charge < -0.3 is 5.32 Å². The van der Waals surface area contributed by atoms with Crippen molar-refractivity contribution >= 4 is 32.4 Å². The van der Waals surface area contributed by atoms with Gasteiger partial charge in [-0.3, -0.25) is 9.10 Å². The van der Waals surface area contributed by atoms with Gasteiger partial charge in [-0.1, -0.05) is 61.5 Å². The molecular formula is C24H28N2O3S. The fourth-order valence-electron chi connectivity index (χ4n) is 3.74. The molecule has 0 aliphatic heterocycles. The zero-order valence-corrected chi connectivity index (χ0v) is 18.7. The van der Waals surface area contributed by atoms with Gasteiger partial charge in [0.05, 0.1) is 11.9 Å². The molecule has 1 N–H and O–H groups in total. The van der Waals surface area contributed by atoms with Crippen LogP contribution in [-0.2, 0) is 21.4 Å². The number of carbonyl (C=O) groups is 1. The molecule has 0 saturated heterocycles. The van der Waals surface area contributed by atoms with Crippen LogP contribution >= 0.6 is 0 Å². The minimum Gasteiger partial charge on any atom is -0.350 e. The summed E-state index contributed by atoms with van der Waals surface area (Å²) in [6.07, 6.45) is 1.51. The SMILES string of the molecule is CCC(C(=O)NCc1cccc2ccccc12)N(c1cc(C)ccc1C)S(C)(=O)=O. The third kappa shape index (κ3) is 4.65. The van der Waals surface area contributed by atoms with Gasteiger partial charge in [0, 0.05) is 6.54 Å². The number of nitrogens with one attached hydrogen (secondary N) is 1. The molecule has 0 spiro atoms. The van der Waals surface area contributed by atoms with Gasteiger partial charge in [0.15, 0.2) is 0 Å². The third-order valence-electron chi connectivity index (χ3n) is 5.26. The first-order valence-corrected chi connectivity index (χ1v) is 11.9. The lowest BCUT2D eigenvalue weighted by molar-refractivity contribution is -0.122. The maximum absolute atomic E-state index is 13.1. The summed E-state index contributed by atoms with van der Waals surface area (Å²) in [4.78, 5) is 13.1. The lowest BCUT2D eigenvalue weighted by atomic mass is 10.0. The summed E-state index contributed by atoms with van der Waals surface area (Å²) in [6.45, 7) is 5.92. The summed E-state index contributed by atoms with van der Waals surface area (Å²) in [5.74, 6) is -0.309. The molecule has 5 nitrogen and oxygen atoms in total. The van der Waals surface area contributed by atoms with E-state index < -0.39 is 16.1 Å². The first-order valence-electron chi connectivity index (χ1n) is 10.0. The summed E-state index contributed by atoms with van der Waals surface area (Å²) in [7, 11) is -3.66. The number of sulfonamides is 1. The van der Waals surface area contributed by atoms with Crippen molar-refractivity contribution in [1.82, 2.24) is 5.32 Å². The molecule has 0 aliphatic carbocycles. The van der Waals surface area contributed by atoms with E-state index in [1.807, 2.05) is 81.4 Å². The summed E-state index contributed by atoms with van der Waals surface area (Å²) < 4.78 is 26.6. The highest BCUT2D eigenvalue weighted by molar-refractivity contribution is 7.92. The van der Waals surface area contributed by atoms with Crippen LogP contribution in [0.4, 0.5) is 5.69 Å². The van der Waals surface area contributed by atoms with E-state index in [0.29, 0.717) is 18.7 Å². The highest BCUT2D eigenvalue weighted by Gasteiger charge is 2.32. The number of aryl methyl sites for hydroxylation is 2. The largest absolute Gasteiger partial charge is 0.350 e. The molecule has 30 heavy (non-hydrogen) atoms. The molecule has 3 aromatic carbocycles. The van der Waals surface area contributed by atoms with Crippen molar-refractivity contribution in [3.05, 3.63) is 77.4 Å². The quantitative estimate of drug-likeness (QED) is 0.614. The number of fused-ring (bicyclic) bond motifs is 1. The number of amides is 1. The topological polar surface area (TPSA) is 66.5 Å². The molecule has 0 fully saturated rings. The first-order chi connectivity index (χ1) is 14.2. The second kappa shape index (κ2) is 8.88. The highest BCUT2D eigenvalue weighted by Crippen LogP contribution is 2.27. The van der Waals surface area contributed by atoms with E-state index in [2.05, 4.69) is 5.32 Å². The van der Waals surface area contributed by atoms with Crippen LogP contribution in [0.2, 0.25) is 0 Å². The Labute approximate surface area is 178 Å². The van der Waals surface area contributed by atoms with Crippen LogP contribution in [0.1, 0.15) is 30.0 Å². The van der Waals surface area contributed by atoms with Crippen molar-refractivity contribution in [1.29, 1.82) is 0 Å². The van der Waals surface area contributed by atoms with Crippen molar-refractivity contribution in [3.8, 4) is 0 Å². The molecule has 0 bridgehead atoms. The van der Waals surface area contributed by atoms with E-state index in [9.17, 15) is 13.2 Å². The van der Waals surface area contributed by atoms with Crippen molar-refractivity contribution in [2.45, 2.75) is 39.8 Å². The van der Waals surface area contributed by atoms with Gasteiger partial charge in [0.2, 0.25) is 15.9 Å². The van der Waals surface area contributed by atoms with Gasteiger partial charge in [-0.2, -0.15) is 0 Å². The van der Waals surface area contributed by atoms with Gasteiger partial charge in [-0.05, 0) is 53.8 Å². The van der Waals surface area contributed by atoms with Crippen LogP contribution in [0.3, 0.4) is 0 Å². The molecule has 6 heteroatoms. The van der Waals surface area contributed by atoms with E-state index in [-0.39, 0.29) is 5.91 Å². The molecule has 3 rings (SSSR count). The van der Waals surface area contributed by atoms with Gasteiger partial charge in [-0.15, -0.1) is 0 Å². The predicted octanol–water partition coefficient (Wildman–Crippen LogP) is 4.32. The molecule has 0 aromatic heterocycles. The number of benzene rings is 3. The smallest absolute Gasteiger partial charge is 0.244 e. The van der Waals surface area contributed by atoms with Crippen LogP contribution < -0.4 is 9.62 Å². The van der Waals surface area contributed by atoms with Crippen LogP contribution in [-0.4, -0.2) is 26.6 Å². The molecule has 1 unspecified atom stereocenters. The Morgan fingerprint density at radius 2 is 1.73 bits per heavy atom. The molecule has 0 radical (unpaired) electrons. The Morgan fingerprint density at radius 1 is 1.03 bits per heavy atom. The monoisotopic (exact) mass is 424 g/mol. The fraction of sp³-hybridized carbons (Fsp3) is 0.292. The molecular weight excluding hydrogens is 396 g/mol. The zero-order chi connectivity index (χ0) is 21.9. The maximum Gasteiger partial charge on any atom is 0.244 e. The normalized spacial score (nSPS) is 12.5. The Hall–Kier alpha value is -2.86. The Balaban J connectivity index is 1.90. The Morgan fingerprint density at radius 3 is 2.43 bits per heavy atom. The second-order valence-electron chi connectivity index (χ2n) is 7.63. The lowest BCUT2D eigenvalue weighted by Gasteiger charge is -2.31. The van der Waals surface area contributed by atoms with Crippen LogP contribution in [0.5, 0.6) is 0 Å². The molecule has 0 heterocycles. The average molecular weight is 425 g/mol. The molecule has 3 aromatic rings. The van der Waals surface area contributed by atoms with Crippen LogP contribution in [0.25, 0.3) is 10.8 Å². The number of hydrogen-bond acceptors (Lipinski definition) is 3. The number of rotatable bonds is 7. The summed E-state index contributed by atoms with van der Waals surface area (Å²) in [5.41, 5.74) is 3.29. The Kier molecular flexibility index (Phi) is 6.46. The standard InChI is InChI=1S/C24H28N2O3S/c1-5-22(26(30(4,28)29)23-15-17(2)13-14-18(23)3)24(27)25-16-20-11-8-10-19-9-6-7-12-21(19)20/h6-15,22H,5,16H2,1-4H3,(H,25,27). The molecule has 1 amide bonds. The maximum atomic E-state index is 13.1. The summed E-state index contributed by atoms with van der Waals surface area (Å²) in [6, 6.07) is 18.8. The number of nitrogens with zero attached hydrogens (tertiary/aromatic N) is 1. The van der Waals surface area contributed by atoms with E-state index in [0.717, 1.165) is 33.7 Å². The predicted molar refractivity (Wildman–Crippen MR) is 123 cm³/mol. The fourth-order valence-corrected chi connectivity index (χ4v) is 5.00. The first kappa shape index (κ1) is 21.8. The van der Waals surface area contributed by atoms with E-state index in [1.54, 1.807) is 0 Å². The van der Waals surface area contributed by atoms with Gasteiger partial charge in [0.25, 0.3) is 0 Å². The van der Waals surface area contributed by atoms with Crippen LogP contribution in [0, 0.1) is 13.8 Å². The second-order valence-corrected chi connectivity index (χ2v) is 9.49. The number of hydrogen-bond donors (Lipinski definition) is 1. The van der Waals surface area contributed by atoms with Gasteiger partial charge >= 0.3 is 0 Å². The molecule has 158 valence electrons. The lowest BCUT2D eigenvalue weighted by Crippen LogP contribution is -2.49. The van der Waals surface area contributed by atoms with E-state index in [4.69, 9.17) is 0 Å². The molecule has 1 atom stereocenters. The Bertz CT molecular complexity index is 1170. The van der Waals surface area contributed by atoms with Crippen molar-refractivity contribution in [2.24, 2.45) is 0 Å². The average Bonchev–Trinajstić information content (AvgIpc) is 2.71. The van der Waals surface area contributed by atoms with Crippen LogP contribution in [0.15, 0.2) is 60.7 Å². The summed E-state index contributed by atoms with van der Waals surface area (Å²) in [5, 5.41) is 5.13. The third-order valence-corrected chi connectivity index (χ3v) is 6.43. The van der Waals surface area contributed by atoms with Gasteiger partial charge in [-0.25, -0.2) is 8.42 Å². The number of anilines is 1. The number of carbonyl (C=O) groups excluding carboxylic acids is 1. The van der Waals surface area contributed by atoms with Crippen molar-refractivity contribution in [2.75, 3.05) is 10.6 Å². The minimum atomic E-state index is -3.66. The van der Waals surface area contributed by atoms with Gasteiger partial charge in [0.1, 0.15) is 6.04 Å². The molecule has 0 saturated carbocycles. The summed E-state index contributed by atoms with van der Waals surface area (Å²) >= 11 is 0. The molecule has 0 aliphatic rings. The van der Waals surface area contributed by atoms with Crippen molar-refractivity contribution < 1.29 is 13.2 Å². The van der Waals surface area contributed by atoms with E-state index in [1.165, 1.54) is 4.31 Å². The minimum absolute atomic E-state index is 0.309.